The molecule has 0 spiro atoms. The van der Waals surface area contributed by atoms with Gasteiger partial charge in [-0.25, -0.2) is 14.6 Å². The third-order valence-corrected chi connectivity index (χ3v) is 7.01. The molecule has 3 heterocycles. The lowest BCUT2D eigenvalue weighted by molar-refractivity contribution is 0.00578. The molecule has 0 atom stereocenters. The second-order valence-electron chi connectivity index (χ2n) is 11.3. The number of aromatic nitrogens is 1. The summed E-state index contributed by atoms with van der Waals surface area (Å²) in [6.45, 7) is 14.5. The summed E-state index contributed by atoms with van der Waals surface area (Å²) in [5, 5.41) is 0. The van der Waals surface area contributed by atoms with Gasteiger partial charge in [0.1, 0.15) is 11.4 Å². The van der Waals surface area contributed by atoms with Crippen LogP contribution in [0.15, 0.2) is 30.3 Å². The van der Waals surface area contributed by atoms with Gasteiger partial charge in [0.25, 0.3) is 0 Å². The fraction of sp³-hybridized carbons (Fsp3) is 0.519. The van der Waals surface area contributed by atoms with Gasteiger partial charge in [0.2, 0.25) is 0 Å². The van der Waals surface area contributed by atoms with Gasteiger partial charge in [0.15, 0.2) is 5.69 Å². The van der Waals surface area contributed by atoms with Crippen molar-refractivity contribution in [2.75, 3.05) is 18.6 Å². The molecular weight excluding hydrogens is 459 g/mol. The zero-order valence-corrected chi connectivity index (χ0v) is 22.4. The van der Waals surface area contributed by atoms with E-state index in [0.29, 0.717) is 29.9 Å². The van der Waals surface area contributed by atoms with E-state index in [1.807, 2.05) is 72.7 Å². The normalized spacial score (nSPS) is 18.6. The summed E-state index contributed by atoms with van der Waals surface area (Å²) in [5.41, 5.74) is 1.42. The molecule has 192 valence electrons. The SMILES string of the molecule is COC(=O)c1cccc2c1CN(c1ccc(B3OC(C)(C)C(C)(C)O3)c(C(=O)OC(C)(C)C)n1)CC2. The van der Waals surface area contributed by atoms with Gasteiger partial charge in [0.05, 0.1) is 23.9 Å². The van der Waals surface area contributed by atoms with Gasteiger partial charge >= 0.3 is 19.1 Å². The van der Waals surface area contributed by atoms with Gasteiger partial charge < -0.3 is 23.7 Å². The van der Waals surface area contributed by atoms with Crippen molar-refractivity contribution in [1.82, 2.24) is 4.98 Å². The van der Waals surface area contributed by atoms with Crippen LogP contribution in [0.25, 0.3) is 0 Å². The third kappa shape index (κ3) is 4.99. The maximum absolute atomic E-state index is 13.3. The molecule has 0 aliphatic carbocycles. The van der Waals surface area contributed by atoms with Crippen molar-refractivity contribution in [2.24, 2.45) is 0 Å². The highest BCUT2D eigenvalue weighted by atomic mass is 16.7. The third-order valence-electron chi connectivity index (χ3n) is 7.01. The number of methoxy groups -OCH3 is 1. The molecule has 0 N–H and O–H groups in total. The number of carbonyl (C=O) groups is 2. The van der Waals surface area contributed by atoms with Crippen molar-refractivity contribution in [2.45, 2.75) is 78.2 Å². The lowest BCUT2D eigenvalue weighted by Gasteiger charge is -2.32. The number of hydrogen-bond donors (Lipinski definition) is 0. The number of nitrogens with zero attached hydrogens (tertiary/aromatic N) is 2. The quantitative estimate of drug-likeness (QED) is 0.470. The number of esters is 2. The summed E-state index contributed by atoms with van der Waals surface area (Å²) >= 11 is 0. The van der Waals surface area contributed by atoms with Crippen LogP contribution >= 0.6 is 0 Å². The minimum absolute atomic E-state index is 0.160. The van der Waals surface area contributed by atoms with E-state index in [9.17, 15) is 9.59 Å². The van der Waals surface area contributed by atoms with E-state index in [2.05, 4.69) is 4.90 Å². The average Bonchev–Trinajstić information content (AvgIpc) is 3.02. The van der Waals surface area contributed by atoms with E-state index < -0.39 is 29.9 Å². The molecular formula is C27H35BN2O6. The maximum atomic E-state index is 13.3. The van der Waals surface area contributed by atoms with Crippen LogP contribution in [0.4, 0.5) is 5.82 Å². The summed E-state index contributed by atoms with van der Waals surface area (Å²) in [4.78, 5) is 32.5. The number of carbonyl (C=O) groups excluding carboxylic acids is 2. The van der Waals surface area contributed by atoms with Gasteiger partial charge in [-0.05, 0) is 78.1 Å². The van der Waals surface area contributed by atoms with E-state index >= 15 is 0 Å². The molecule has 0 bridgehead atoms. The van der Waals surface area contributed by atoms with E-state index in [4.69, 9.17) is 23.8 Å². The Kier molecular flexibility index (Phi) is 6.68. The highest BCUT2D eigenvalue weighted by Gasteiger charge is 2.53. The van der Waals surface area contributed by atoms with Crippen LogP contribution in [0, 0.1) is 0 Å². The zero-order chi connectivity index (χ0) is 26.5. The number of ether oxygens (including phenoxy) is 2. The highest BCUT2D eigenvalue weighted by molar-refractivity contribution is 6.63. The van der Waals surface area contributed by atoms with Crippen molar-refractivity contribution < 1.29 is 28.4 Å². The molecule has 2 aromatic rings. The lowest BCUT2D eigenvalue weighted by atomic mass is 9.77. The van der Waals surface area contributed by atoms with Crippen LogP contribution in [-0.2, 0) is 31.7 Å². The summed E-state index contributed by atoms with van der Waals surface area (Å²) in [6, 6.07) is 9.36. The van der Waals surface area contributed by atoms with Gasteiger partial charge in [-0.2, -0.15) is 0 Å². The lowest BCUT2D eigenvalue weighted by Crippen LogP contribution is -2.41. The summed E-state index contributed by atoms with van der Waals surface area (Å²) in [5.74, 6) is -0.296. The Balaban J connectivity index is 1.72. The maximum Gasteiger partial charge on any atom is 0.497 e. The molecule has 2 aliphatic heterocycles. The van der Waals surface area contributed by atoms with Crippen LogP contribution in [-0.4, -0.2) is 54.5 Å². The molecule has 36 heavy (non-hydrogen) atoms. The van der Waals surface area contributed by atoms with Gasteiger partial charge in [-0.3, -0.25) is 0 Å². The first-order chi connectivity index (χ1) is 16.7. The monoisotopic (exact) mass is 494 g/mol. The second-order valence-corrected chi connectivity index (χ2v) is 11.3. The van der Waals surface area contributed by atoms with Crippen LogP contribution < -0.4 is 10.4 Å². The van der Waals surface area contributed by atoms with Crippen LogP contribution in [0.5, 0.6) is 0 Å². The van der Waals surface area contributed by atoms with Crippen LogP contribution in [0.2, 0.25) is 0 Å². The standard InChI is InChI=1S/C27H35BN2O6/c1-25(2,3)34-24(32)22-20(28-35-26(4,5)27(6,7)36-28)12-13-21(29-22)30-15-14-17-10-9-11-18(19(17)16-30)23(31)33-8/h9-13H,14-16H2,1-8H3. The Bertz CT molecular complexity index is 1170. The van der Waals surface area contributed by atoms with Crippen molar-refractivity contribution >= 4 is 30.3 Å². The van der Waals surface area contributed by atoms with E-state index in [1.165, 1.54) is 7.11 Å². The number of rotatable bonds is 4. The first kappa shape index (κ1) is 26.2. The summed E-state index contributed by atoms with van der Waals surface area (Å²) in [6.07, 6.45) is 0.739. The number of hydrogen-bond acceptors (Lipinski definition) is 8. The van der Waals surface area contributed by atoms with Crippen LogP contribution in [0.3, 0.4) is 0 Å². The predicted octanol–water partition coefficient (Wildman–Crippen LogP) is 3.69. The van der Waals surface area contributed by atoms with Crippen LogP contribution in [0.1, 0.15) is 80.4 Å². The number of pyridine rings is 1. The number of benzene rings is 1. The Hall–Kier alpha value is -2.91. The van der Waals surface area contributed by atoms with Gasteiger partial charge in [-0.15, -0.1) is 0 Å². The topological polar surface area (TPSA) is 87.2 Å². The molecule has 0 amide bonds. The first-order valence-electron chi connectivity index (χ1n) is 12.3. The molecule has 1 aromatic carbocycles. The number of anilines is 1. The zero-order valence-electron chi connectivity index (χ0n) is 22.4. The van der Waals surface area contributed by atoms with Crippen molar-refractivity contribution in [3.05, 3.63) is 52.7 Å². The predicted molar refractivity (Wildman–Crippen MR) is 138 cm³/mol. The molecule has 0 saturated carbocycles. The molecule has 2 aliphatic rings. The van der Waals surface area contributed by atoms with Gasteiger partial charge in [0, 0.05) is 18.6 Å². The second kappa shape index (κ2) is 9.19. The Morgan fingerprint density at radius 2 is 1.69 bits per heavy atom. The van der Waals surface area contributed by atoms with Crippen molar-refractivity contribution in [3.8, 4) is 0 Å². The molecule has 4 rings (SSSR count). The molecule has 9 heteroatoms. The minimum Gasteiger partial charge on any atom is -0.465 e. The molecule has 0 radical (unpaired) electrons. The molecule has 1 fully saturated rings. The van der Waals surface area contributed by atoms with Gasteiger partial charge in [-0.1, -0.05) is 18.2 Å². The largest absolute Gasteiger partial charge is 0.497 e. The summed E-state index contributed by atoms with van der Waals surface area (Å²) in [7, 11) is 0.623. The van der Waals surface area contributed by atoms with Crippen molar-refractivity contribution in [3.63, 3.8) is 0 Å². The molecule has 8 nitrogen and oxygen atoms in total. The minimum atomic E-state index is -0.757. The first-order valence-corrected chi connectivity index (χ1v) is 12.3. The fourth-order valence-electron chi connectivity index (χ4n) is 4.36. The van der Waals surface area contributed by atoms with Crippen molar-refractivity contribution in [1.29, 1.82) is 0 Å². The summed E-state index contributed by atoms with van der Waals surface area (Å²) < 4.78 is 23.1. The fourth-order valence-corrected chi connectivity index (χ4v) is 4.36. The average molecular weight is 494 g/mol. The highest BCUT2D eigenvalue weighted by Crippen LogP contribution is 2.37. The van der Waals surface area contributed by atoms with E-state index in [0.717, 1.165) is 17.5 Å². The molecule has 0 unspecified atom stereocenters. The van der Waals surface area contributed by atoms with E-state index in [1.54, 1.807) is 6.07 Å². The number of fused-ring (bicyclic) bond motifs is 1. The van der Waals surface area contributed by atoms with E-state index in [-0.39, 0.29) is 11.7 Å². The molecule has 1 saturated heterocycles. The Morgan fingerprint density at radius 1 is 1.03 bits per heavy atom. The smallest absolute Gasteiger partial charge is 0.465 e. The molecule has 1 aromatic heterocycles. The Labute approximate surface area is 213 Å². The Morgan fingerprint density at radius 3 is 2.31 bits per heavy atom.